The molecule has 0 N–H and O–H groups in total. The summed E-state index contributed by atoms with van der Waals surface area (Å²) in [5.41, 5.74) is 2.01. The third kappa shape index (κ3) is 3.85. The van der Waals surface area contributed by atoms with Gasteiger partial charge in [0.15, 0.2) is 0 Å². The molecular weight excluding hydrogens is 190 g/mol. The van der Waals surface area contributed by atoms with E-state index in [4.69, 9.17) is 5.26 Å². The first-order chi connectivity index (χ1) is 6.51. The molecule has 1 rings (SSSR count). The van der Waals surface area contributed by atoms with Crippen molar-refractivity contribution in [2.75, 3.05) is 0 Å². The maximum atomic E-state index is 8.63. The van der Waals surface area contributed by atoms with E-state index < -0.39 is 0 Å². The molecule has 0 fully saturated rings. The van der Waals surface area contributed by atoms with Gasteiger partial charge in [0, 0.05) is 10.5 Å². The topological polar surface area (TPSA) is 23.8 Å². The van der Waals surface area contributed by atoms with E-state index in [1.807, 2.05) is 36.0 Å². The van der Waals surface area contributed by atoms with E-state index in [1.165, 1.54) is 5.56 Å². The van der Waals surface area contributed by atoms with Crippen molar-refractivity contribution < 1.29 is 0 Å². The molecule has 0 aliphatic carbocycles. The maximum absolute atomic E-state index is 8.63. The van der Waals surface area contributed by atoms with Gasteiger partial charge in [0.25, 0.3) is 0 Å². The van der Waals surface area contributed by atoms with Crippen LogP contribution in [0.5, 0.6) is 0 Å². The summed E-state index contributed by atoms with van der Waals surface area (Å²) in [6.45, 7) is 6.63. The van der Waals surface area contributed by atoms with Crippen LogP contribution in [0.1, 0.15) is 31.9 Å². The van der Waals surface area contributed by atoms with Gasteiger partial charge >= 0.3 is 0 Å². The molecule has 1 aromatic rings. The second-order valence-electron chi connectivity index (χ2n) is 4.21. The standard InChI is InChI=1S/C12H15NS/c1-12(2,3)14-9-11-6-4-10(8-13)5-7-11/h4-7H,9H2,1-3H3. The van der Waals surface area contributed by atoms with E-state index >= 15 is 0 Å². The largest absolute Gasteiger partial charge is 0.192 e. The first-order valence-corrected chi connectivity index (χ1v) is 5.63. The number of rotatable bonds is 2. The molecule has 0 heterocycles. The van der Waals surface area contributed by atoms with Crippen LogP contribution >= 0.6 is 11.8 Å². The Hall–Kier alpha value is -0.940. The summed E-state index contributed by atoms with van der Waals surface area (Å²) in [6.07, 6.45) is 0. The first kappa shape index (κ1) is 11.1. The van der Waals surface area contributed by atoms with Gasteiger partial charge in [-0.3, -0.25) is 0 Å². The number of hydrogen-bond acceptors (Lipinski definition) is 2. The lowest BCUT2D eigenvalue weighted by Gasteiger charge is -2.17. The third-order valence-corrected chi connectivity index (χ3v) is 3.10. The van der Waals surface area contributed by atoms with Crippen LogP contribution in [-0.2, 0) is 5.75 Å². The van der Waals surface area contributed by atoms with E-state index in [2.05, 4.69) is 26.8 Å². The average Bonchev–Trinajstić information content (AvgIpc) is 2.14. The van der Waals surface area contributed by atoms with Crippen molar-refractivity contribution in [2.24, 2.45) is 0 Å². The van der Waals surface area contributed by atoms with Gasteiger partial charge in [0.05, 0.1) is 11.6 Å². The summed E-state index contributed by atoms with van der Waals surface area (Å²) in [7, 11) is 0. The van der Waals surface area contributed by atoms with Crippen LogP contribution < -0.4 is 0 Å². The SMILES string of the molecule is CC(C)(C)SCc1ccc(C#N)cc1. The average molecular weight is 205 g/mol. The highest BCUT2D eigenvalue weighted by atomic mass is 32.2. The van der Waals surface area contributed by atoms with Gasteiger partial charge in [0.2, 0.25) is 0 Å². The van der Waals surface area contributed by atoms with E-state index in [1.54, 1.807) is 0 Å². The Morgan fingerprint density at radius 2 is 1.79 bits per heavy atom. The number of hydrogen-bond donors (Lipinski definition) is 0. The Bertz CT molecular complexity index is 327. The summed E-state index contributed by atoms with van der Waals surface area (Å²) in [5, 5.41) is 8.63. The predicted molar refractivity (Wildman–Crippen MR) is 62.2 cm³/mol. The number of thioether (sulfide) groups is 1. The normalized spacial score (nSPS) is 11.0. The van der Waals surface area contributed by atoms with Gasteiger partial charge < -0.3 is 0 Å². The molecule has 0 aliphatic rings. The van der Waals surface area contributed by atoms with Gasteiger partial charge in [0.1, 0.15) is 0 Å². The van der Waals surface area contributed by atoms with Crippen molar-refractivity contribution >= 4 is 11.8 Å². The molecule has 1 nitrogen and oxygen atoms in total. The Morgan fingerprint density at radius 1 is 1.21 bits per heavy atom. The smallest absolute Gasteiger partial charge is 0.0991 e. The third-order valence-electron chi connectivity index (χ3n) is 1.75. The van der Waals surface area contributed by atoms with Crippen LogP contribution in [0.4, 0.5) is 0 Å². The molecule has 0 atom stereocenters. The molecule has 14 heavy (non-hydrogen) atoms. The molecule has 1 aromatic carbocycles. The zero-order valence-electron chi connectivity index (χ0n) is 8.87. The monoisotopic (exact) mass is 205 g/mol. The van der Waals surface area contributed by atoms with Gasteiger partial charge in [-0.1, -0.05) is 32.9 Å². The predicted octanol–water partition coefficient (Wildman–Crippen LogP) is 3.59. The lowest BCUT2D eigenvalue weighted by atomic mass is 10.2. The summed E-state index contributed by atoms with van der Waals surface area (Å²) < 4.78 is 0.300. The Kier molecular flexibility index (Phi) is 3.60. The summed E-state index contributed by atoms with van der Waals surface area (Å²) in [6, 6.07) is 9.92. The summed E-state index contributed by atoms with van der Waals surface area (Å²) in [5.74, 6) is 1.01. The molecule has 0 aliphatic heterocycles. The molecule has 0 saturated heterocycles. The van der Waals surface area contributed by atoms with E-state index in [0.717, 1.165) is 11.3 Å². The van der Waals surface area contributed by atoms with Crippen LogP contribution in [0.15, 0.2) is 24.3 Å². The number of nitriles is 1. The van der Waals surface area contributed by atoms with Crippen LogP contribution in [0.2, 0.25) is 0 Å². The molecule has 0 saturated carbocycles. The van der Waals surface area contributed by atoms with E-state index in [0.29, 0.717) is 4.75 Å². The van der Waals surface area contributed by atoms with Crippen molar-refractivity contribution in [1.82, 2.24) is 0 Å². The fourth-order valence-corrected chi connectivity index (χ4v) is 1.77. The molecular formula is C12H15NS. The fourth-order valence-electron chi connectivity index (χ4n) is 0.975. The quantitative estimate of drug-likeness (QED) is 0.736. The van der Waals surface area contributed by atoms with Crippen LogP contribution in [-0.4, -0.2) is 4.75 Å². The molecule has 0 unspecified atom stereocenters. The highest BCUT2D eigenvalue weighted by Crippen LogP contribution is 2.26. The van der Waals surface area contributed by atoms with Gasteiger partial charge in [-0.05, 0) is 17.7 Å². The van der Waals surface area contributed by atoms with Crippen molar-refractivity contribution in [3.8, 4) is 6.07 Å². The molecule has 0 spiro atoms. The molecule has 74 valence electrons. The summed E-state index contributed by atoms with van der Waals surface area (Å²) >= 11 is 1.92. The Labute approximate surface area is 90.1 Å². The molecule has 0 amide bonds. The highest BCUT2D eigenvalue weighted by Gasteiger charge is 2.10. The second-order valence-corrected chi connectivity index (χ2v) is 6.01. The fraction of sp³-hybridized carbons (Fsp3) is 0.417. The van der Waals surface area contributed by atoms with E-state index in [9.17, 15) is 0 Å². The van der Waals surface area contributed by atoms with E-state index in [-0.39, 0.29) is 0 Å². The lowest BCUT2D eigenvalue weighted by molar-refractivity contribution is 0.802. The zero-order valence-corrected chi connectivity index (χ0v) is 9.69. The van der Waals surface area contributed by atoms with Crippen molar-refractivity contribution in [3.05, 3.63) is 35.4 Å². The number of benzene rings is 1. The van der Waals surface area contributed by atoms with Crippen molar-refractivity contribution in [3.63, 3.8) is 0 Å². The van der Waals surface area contributed by atoms with Crippen molar-refractivity contribution in [1.29, 1.82) is 5.26 Å². The maximum Gasteiger partial charge on any atom is 0.0991 e. The number of nitrogens with zero attached hydrogens (tertiary/aromatic N) is 1. The molecule has 2 heteroatoms. The highest BCUT2D eigenvalue weighted by molar-refractivity contribution is 7.99. The second kappa shape index (κ2) is 4.52. The van der Waals surface area contributed by atoms with Crippen molar-refractivity contribution in [2.45, 2.75) is 31.3 Å². The minimum absolute atomic E-state index is 0.300. The minimum Gasteiger partial charge on any atom is -0.192 e. The van der Waals surface area contributed by atoms with Crippen LogP contribution in [0.3, 0.4) is 0 Å². The zero-order chi connectivity index (χ0) is 10.6. The molecule has 0 aromatic heterocycles. The van der Waals surface area contributed by atoms with Gasteiger partial charge in [-0.15, -0.1) is 0 Å². The van der Waals surface area contributed by atoms with Gasteiger partial charge in [-0.2, -0.15) is 17.0 Å². The Morgan fingerprint density at radius 3 is 2.21 bits per heavy atom. The van der Waals surface area contributed by atoms with Gasteiger partial charge in [-0.25, -0.2) is 0 Å². The molecule has 0 radical (unpaired) electrons. The van der Waals surface area contributed by atoms with Crippen LogP contribution in [0, 0.1) is 11.3 Å². The lowest BCUT2D eigenvalue weighted by Crippen LogP contribution is -2.07. The Balaban J connectivity index is 2.58. The molecule has 0 bridgehead atoms. The summed E-state index contributed by atoms with van der Waals surface area (Å²) in [4.78, 5) is 0. The van der Waals surface area contributed by atoms with Crippen LogP contribution in [0.25, 0.3) is 0 Å². The first-order valence-electron chi connectivity index (χ1n) is 4.64. The minimum atomic E-state index is 0.300.